The summed E-state index contributed by atoms with van der Waals surface area (Å²) in [6.45, 7) is 4.87. The summed E-state index contributed by atoms with van der Waals surface area (Å²) in [6, 6.07) is 5.81. The molecule has 3 nitrogen and oxygen atoms in total. The van der Waals surface area contributed by atoms with Gasteiger partial charge in [-0.2, -0.15) is 0 Å². The molecule has 0 fully saturated rings. The van der Waals surface area contributed by atoms with Gasteiger partial charge in [0.25, 0.3) is 0 Å². The van der Waals surface area contributed by atoms with Crippen molar-refractivity contribution in [1.82, 2.24) is 0 Å². The van der Waals surface area contributed by atoms with Crippen molar-refractivity contribution in [1.29, 1.82) is 0 Å². The first kappa shape index (κ1) is 14.6. The lowest BCUT2D eigenvalue weighted by Gasteiger charge is -2.11. The van der Waals surface area contributed by atoms with Crippen LogP contribution in [-0.2, 0) is 0 Å². The Morgan fingerprint density at radius 3 is 2.61 bits per heavy atom. The Morgan fingerprint density at radius 2 is 2.06 bits per heavy atom. The summed E-state index contributed by atoms with van der Waals surface area (Å²) in [7, 11) is 1.63. The van der Waals surface area contributed by atoms with Crippen molar-refractivity contribution in [2.45, 2.75) is 26.7 Å². The van der Waals surface area contributed by atoms with Crippen molar-refractivity contribution in [2.24, 2.45) is 0 Å². The van der Waals surface area contributed by atoms with Crippen LogP contribution in [0.15, 0.2) is 23.8 Å². The number of ether oxygens (including phenoxy) is 2. The molecule has 0 atom stereocenters. The van der Waals surface area contributed by atoms with Crippen LogP contribution in [0.2, 0.25) is 0 Å². The minimum Gasteiger partial charge on any atom is -0.493 e. The molecule has 0 aliphatic carbocycles. The molecule has 0 aliphatic heterocycles. The molecule has 0 bridgehead atoms. The molecular weight excluding hydrogens is 228 g/mol. The summed E-state index contributed by atoms with van der Waals surface area (Å²) in [6.07, 6.45) is 3.79. The van der Waals surface area contributed by atoms with E-state index in [1.165, 1.54) is 0 Å². The molecule has 0 saturated heterocycles. The molecule has 0 radical (unpaired) electrons. The Morgan fingerprint density at radius 1 is 1.28 bits per heavy atom. The highest BCUT2D eigenvalue weighted by atomic mass is 16.5. The van der Waals surface area contributed by atoms with Gasteiger partial charge in [-0.1, -0.05) is 26.0 Å². The minimum absolute atomic E-state index is 0.0902. The van der Waals surface area contributed by atoms with Crippen LogP contribution in [0.3, 0.4) is 0 Å². The molecule has 0 unspecified atom stereocenters. The molecule has 0 spiro atoms. The quantitative estimate of drug-likeness (QED) is 0.807. The highest BCUT2D eigenvalue weighted by molar-refractivity contribution is 5.58. The van der Waals surface area contributed by atoms with E-state index in [9.17, 15) is 0 Å². The standard InChI is InChI=1S/C15H22O3/c1-4-8-18-14-7-6-13(10-15(14)17-3)9-12(5-2)11-16/h6-7,9-10,16H,4-5,8,11H2,1-3H3. The van der Waals surface area contributed by atoms with E-state index >= 15 is 0 Å². The number of hydrogen-bond donors (Lipinski definition) is 1. The first-order valence-electron chi connectivity index (χ1n) is 6.36. The summed E-state index contributed by atoms with van der Waals surface area (Å²) in [5.41, 5.74) is 2.01. The third-order valence-corrected chi connectivity index (χ3v) is 2.68. The fourth-order valence-corrected chi connectivity index (χ4v) is 1.60. The zero-order valence-corrected chi connectivity index (χ0v) is 11.4. The van der Waals surface area contributed by atoms with Crippen molar-refractivity contribution in [3.63, 3.8) is 0 Å². The van der Waals surface area contributed by atoms with Gasteiger partial charge in [0.05, 0.1) is 20.3 Å². The lowest BCUT2D eigenvalue weighted by atomic mass is 10.1. The van der Waals surface area contributed by atoms with Crippen molar-refractivity contribution in [2.75, 3.05) is 20.3 Å². The third-order valence-electron chi connectivity index (χ3n) is 2.68. The van der Waals surface area contributed by atoms with E-state index in [0.717, 1.165) is 35.5 Å². The topological polar surface area (TPSA) is 38.7 Å². The van der Waals surface area contributed by atoms with Gasteiger partial charge in [0.1, 0.15) is 0 Å². The highest BCUT2D eigenvalue weighted by Crippen LogP contribution is 2.29. The number of aliphatic hydroxyl groups is 1. The Labute approximate surface area is 109 Å². The maximum absolute atomic E-state index is 9.16. The van der Waals surface area contributed by atoms with Crippen molar-refractivity contribution < 1.29 is 14.6 Å². The van der Waals surface area contributed by atoms with E-state index in [0.29, 0.717) is 6.61 Å². The molecule has 1 N–H and O–H groups in total. The first-order valence-corrected chi connectivity index (χ1v) is 6.36. The van der Waals surface area contributed by atoms with Gasteiger partial charge >= 0.3 is 0 Å². The lowest BCUT2D eigenvalue weighted by molar-refractivity contribution is 0.294. The predicted molar refractivity (Wildman–Crippen MR) is 74.1 cm³/mol. The number of hydrogen-bond acceptors (Lipinski definition) is 3. The summed E-state index contributed by atoms with van der Waals surface area (Å²) in [5, 5.41) is 9.16. The fourth-order valence-electron chi connectivity index (χ4n) is 1.60. The Hall–Kier alpha value is -1.48. The minimum atomic E-state index is 0.0902. The lowest BCUT2D eigenvalue weighted by Crippen LogP contribution is -1.98. The fraction of sp³-hybridized carbons (Fsp3) is 0.467. The number of methoxy groups -OCH3 is 1. The van der Waals surface area contributed by atoms with Gasteiger partial charge < -0.3 is 14.6 Å². The van der Waals surface area contributed by atoms with Gasteiger partial charge in [-0.05, 0) is 36.1 Å². The molecule has 100 valence electrons. The van der Waals surface area contributed by atoms with Crippen LogP contribution >= 0.6 is 0 Å². The van der Waals surface area contributed by atoms with E-state index in [4.69, 9.17) is 14.6 Å². The zero-order chi connectivity index (χ0) is 13.4. The molecule has 0 amide bonds. The average Bonchev–Trinajstić information content (AvgIpc) is 2.42. The third kappa shape index (κ3) is 4.08. The normalized spacial score (nSPS) is 11.4. The second-order valence-corrected chi connectivity index (χ2v) is 4.07. The summed E-state index contributed by atoms with van der Waals surface area (Å²) < 4.78 is 10.9. The van der Waals surface area contributed by atoms with Crippen LogP contribution in [0.25, 0.3) is 6.08 Å². The zero-order valence-electron chi connectivity index (χ0n) is 11.4. The molecule has 18 heavy (non-hydrogen) atoms. The van der Waals surface area contributed by atoms with Crippen LogP contribution in [0.1, 0.15) is 32.3 Å². The monoisotopic (exact) mass is 250 g/mol. The molecule has 1 aromatic carbocycles. The van der Waals surface area contributed by atoms with Crippen molar-refractivity contribution >= 4 is 6.08 Å². The van der Waals surface area contributed by atoms with Crippen LogP contribution in [-0.4, -0.2) is 25.4 Å². The van der Waals surface area contributed by atoms with Gasteiger partial charge in [0.15, 0.2) is 11.5 Å². The van der Waals surface area contributed by atoms with Crippen LogP contribution in [0.5, 0.6) is 11.5 Å². The predicted octanol–water partition coefficient (Wildman–Crippen LogP) is 3.27. The van der Waals surface area contributed by atoms with Crippen LogP contribution in [0, 0.1) is 0 Å². The second-order valence-electron chi connectivity index (χ2n) is 4.07. The Bertz CT molecular complexity index is 391. The van der Waals surface area contributed by atoms with Gasteiger partial charge in [0, 0.05) is 0 Å². The van der Waals surface area contributed by atoms with E-state index in [2.05, 4.69) is 6.92 Å². The van der Waals surface area contributed by atoms with Crippen LogP contribution < -0.4 is 9.47 Å². The highest BCUT2D eigenvalue weighted by Gasteiger charge is 2.04. The first-order chi connectivity index (χ1) is 8.74. The van der Waals surface area contributed by atoms with E-state index in [1.54, 1.807) is 7.11 Å². The summed E-state index contributed by atoms with van der Waals surface area (Å²) in [4.78, 5) is 0. The van der Waals surface area contributed by atoms with E-state index in [1.807, 2.05) is 31.2 Å². The molecule has 0 saturated carbocycles. The Kier molecular flexibility index (Phi) is 6.29. The number of aliphatic hydroxyl groups excluding tert-OH is 1. The molecule has 1 rings (SSSR count). The van der Waals surface area contributed by atoms with Gasteiger partial charge in [-0.3, -0.25) is 0 Å². The van der Waals surface area contributed by atoms with Gasteiger partial charge in [0.2, 0.25) is 0 Å². The maximum Gasteiger partial charge on any atom is 0.161 e. The van der Waals surface area contributed by atoms with Gasteiger partial charge in [-0.15, -0.1) is 0 Å². The molecule has 0 heterocycles. The summed E-state index contributed by atoms with van der Waals surface area (Å²) >= 11 is 0. The second kappa shape index (κ2) is 7.77. The molecule has 1 aromatic rings. The molecule has 0 aromatic heterocycles. The largest absolute Gasteiger partial charge is 0.493 e. The summed E-state index contributed by atoms with van der Waals surface area (Å²) in [5.74, 6) is 1.49. The van der Waals surface area contributed by atoms with Crippen molar-refractivity contribution in [3.8, 4) is 11.5 Å². The van der Waals surface area contributed by atoms with E-state index in [-0.39, 0.29) is 6.61 Å². The maximum atomic E-state index is 9.16. The number of rotatable bonds is 7. The molecule has 3 heteroatoms. The van der Waals surface area contributed by atoms with E-state index < -0.39 is 0 Å². The smallest absolute Gasteiger partial charge is 0.161 e. The van der Waals surface area contributed by atoms with Crippen LogP contribution in [0.4, 0.5) is 0 Å². The Balaban J connectivity index is 2.94. The molecule has 0 aliphatic rings. The van der Waals surface area contributed by atoms with Gasteiger partial charge in [-0.25, -0.2) is 0 Å². The SMILES string of the molecule is CCCOc1ccc(C=C(CC)CO)cc1OC. The number of benzene rings is 1. The molecular formula is C15H22O3. The van der Waals surface area contributed by atoms with Crippen molar-refractivity contribution in [3.05, 3.63) is 29.3 Å². The average molecular weight is 250 g/mol.